The molecule has 0 radical (unpaired) electrons. The van der Waals surface area contributed by atoms with Gasteiger partial charge >= 0.3 is 0 Å². The van der Waals surface area contributed by atoms with Crippen LogP contribution in [0.25, 0.3) is 0 Å². The predicted molar refractivity (Wildman–Crippen MR) is 75.0 cm³/mol. The summed E-state index contributed by atoms with van der Waals surface area (Å²) in [5.74, 6) is 2.22. The lowest BCUT2D eigenvalue weighted by atomic mass is 10.1. The van der Waals surface area contributed by atoms with E-state index in [0.717, 1.165) is 12.5 Å². The van der Waals surface area contributed by atoms with Crippen LogP contribution in [-0.2, 0) is 0 Å². The first-order valence-corrected chi connectivity index (χ1v) is 8.06. The summed E-state index contributed by atoms with van der Waals surface area (Å²) in [5, 5.41) is 0. The molecule has 0 aromatic carbocycles. The highest BCUT2D eigenvalue weighted by Crippen LogP contribution is 2.25. The molecule has 3 heteroatoms. The summed E-state index contributed by atoms with van der Waals surface area (Å²) in [6, 6.07) is 0.604. The van der Waals surface area contributed by atoms with Crippen molar-refractivity contribution in [2.24, 2.45) is 11.7 Å². The number of nitrogens with two attached hydrogens (primary N) is 1. The monoisotopic (exact) mass is 244 g/mol. The molecule has 1 saturated carbocycles. The molecule has 96 valence electrons. The lowest BCUT2D eigenvalue weighted by Gasteiger charge is -2.29. The van der Waals surface area contributed by atoms with Crippen molar-refractivity contribution in [2.45, 2.75) is 44.6 Å². The van der Waals surface area contributed by atoms with Crippen molar-refractivity contribution in [2.75, 3.05) is 32.1 Å². The third kappa shape index (κ3) is 5.07. The molecular weight excluding hydrogens is 216 g/mol. The summed E-state index contributed by atoms with van der Waals surface area (Å²) >= 11 is 1.94. The molecule has 1 fully saturated rings. The Morgan fingerprint density at radius 2 is 2.06 bits per heavy atom. The van der Waals surface area contributed by atoms with E-state index in [2.05, 4.69) is 18.2 Å². The minimum Gasteiger partial charge on any atom is -0.329 e. The first-order chi connectivity index (χ1) is 7.77. The number of hydrogen-bond acceptors (Lipinski definition) is 3. The van der Waals surface area contributed by atoms with E-state index in [0.29, 0.717) is 6.04 Å². The second-order valence-electron chi connectivity index (χ2n) is 5.11. The summed E-state index contributed by atoms with van der Waals surface area (Å²) in [6.07, 6.45) is 10.5. The Morgan fingerprint density at radius 3 is 2.62 bits per heavy atom. The molecule has 0 aromatic heterocycles. The van der Waals surface area contributed by atoms with E-state index in [-0.39, 0.29) is 0 Å². The van der Waals surface area contributed by atoms with Gasteiger partial charge in [-0.05, 0) is 50.7 Å². The molecule has 16 heavy (non-hydrogen) atoms. The second kappa shape index (κ2) is 8.37. The predicted octanol–water partition coefficient (Wildman–Crippen LogP) is 2.58. The molecule has 0 aromatic rings. The Hall–Kier alpha value is 0.270. The number of thioether (sulfide) groups is 1. The fourth-order valence-electron chi connectivity index (χ4n) is 2.73. The third-order valence-electron chi connectivity index (χ3n) is 3.80. The first-order valence-electron chi connectivity index (χ1n) is 6.67. The summed E-state index contributed by atoms with van der Waals surface area (Å²) in [5.41, 5.74) is 5.88. The van der Waals surface area contributed by atoms with Crippen molar-refractivity contribution in [3.8, 4) is 0 Å². The van der Waals surface area contributed by atoms with Gasteiger partial charge in [-0.2, -0.15) is 11.8 Å². The van der Waals surface area contributed by atoms with Gasteiger partial charge in [0.05, 0.1) is 0 Å². The normalized spacial score (nSPS) is 19.5. The molecule has 0 aliphatic heterocycles. The lowest BCUT2D eigenvalue weighted by Crippen LogP contribution is -2.40. The maximum absolute atomic E-state index is 5.88. The lowest BCUT2D eigenvalue weighted by molar-refractivity contribution is 0.201. The minimum absolute atomic E-state index is 0.604. The molecule has 1 unspecified atom stereocenters. The van der Waals surface area contributed by atoms with Crippen LogP contribution < -0.4 is 5.73 Å². The summed E-state index contributed by atoms with van der Waals surface area (Å²) in [6.45, 7) is 2.08. The molecule has 0 heterocycles. The highest BCUT2D eigenvalue weighted by molar-refractivity contribution is 7.98. The Kier molecular flexibility index (Phi) is 7.50. The molecule has 1 aliphatic carbocycles. The average Bonchev–Trinajstić information content (AvgIpc) is 2.77. The van der Waals surface area contributed by atoms with E-state index < -0.39 is 0 Å². The average molecular weight is 244 g/mol. The molecule has 1 aliphatic rings. The van der Waals surface area contributed by atoms with E-state index in [1.807, 2.05) is 11.8 Å². The van der Waals surface area contributed by atoms with Crippen molar-refractivity contribution < 1.29 is 0 Å². The molecule has 1 atom stereocenters. The van der Waals surface area contributed by atoms with E-state index in [9.17, 15) is 0 Å². The van der Waals surface area contributed by atoms with Crippen molar-refractivity contribution in [3.05, 3.63) is 0 Å². The van der Waals surface area contributed by atoms with Gasteiger partial charge in [-0.1, -0.05) is 12.8 Å². The molecule has 2 nitrogen and oxygen atoms in total. The van der Waals surface area contributed by atoms with Crippen molar-refractivity contribution in [1.82, 2.24) is 4.90 Å². The van der Waals surface area contributed by atoms with Crippen LogP contribution in [0.4, 0.5) is 0 Å². The SMILES string of the molecule is CSCCCC(CN)N(C)CC1CCCC1. The van der Waals surface area contributed by atoms with Gasteiger partial charge in [0.25, 0.3) is 0 Å². The van der Waals surface area contributed by atoms with Gasteiger partial charge in [0.2, 0.25) is 0 Å². The van der Waals surface area contributed by atoms with Gasteiger partial charge in [0, 0.05) is 19.1 Å². The molecule has 0 saturated heterocycles. The number of rotatable bonds is 8. The number of likely N-dealkylation sites (N-methyl/N-ethyl adjacent to an activating group) is 1. The molecule has 2 N–H and O–H groups in total. The number of nitrogens with zero attached hydrogens (tertiary/aromatic N) is 1. The zero-order valence-corrected chi connectivity index (χ0v) is 11.8. The third-order valence-corrected chi connectivity index (χ3v) is 4.50. The highest BCUT2D eigenvalue weighted by Gasteiger charge is 2.20. The van der Waals surface area contributed by atoms with Gasteiger partial charge in [-0.25, -0.2) is 0 Å². The second-order valence-corrected chi connectivity index (χ2v) is 6.10. The summed E-state index contributed by atoms with van der Waals surface area (Å²) < 4.78 is 0. The quantitative estimate of drug-likeness (QED) is 0.666. The Morgan fingerprint density at radius 1 is 1.38 bits per heavy atom. The van der Waals surface area contributed by atoms with Crippen molar-refractivity contribution in [1.29, 1.82) is 0 Å². The van der Waals surface area contributed by atoms with Crippen LogP contribution in [0.5, 0.6) is 0 Å². The molecule has 0 spiro atoms. The van der Waals surface area contributed by atoms with Crippen LogP contribution in [0.3, 0.4) is 0 Å². The maximum Gasteiger partial charge on any atom is 0.0215 e. The van der Waals surface area contributed by atoms with Gasteiger partial charge in [0.1, 0.15) is 0 Å². The van der Waals surface area contributed by atoms with E-state index in [1.165, 1.54) is 50.8 Å². The smallest absolute Gasteiger partial charge is 0.0215 e. The fraction of sp³-hybridized carbons (Fsp3) is 1.00. The van der Waals surface area contributed by atoms with E-state index in [1.54, 1.807) is 0 Å². The maximum atomic E-state index is 5.88. The van der Waals surface area contributed by atoms with Crippen molar-refractivity contribution >= 4 is 11.8 Å². The van der Waals surface area contributed by atoms with Crippen LogP contribution in [-0.4, -0.2) is 43.1 Å². The van der Waals surface area contributed by atoms with Crippen LogP contribution in [0.1, 0.15) is 38.5 Å². The Labute approximate surface area is 105 Å². The van der Waals surface area contributed by atoms with Crippen LogP contribution in [0.2, 0.25) is 0 Å². The standard InChI is InChI=1S/C13H28N2S/c1-15(11-12-6-3-4-7-12)13(10-14)8-5-9-16-2/h12-13H,3-11,14H2,1-2H3. The van der Waals surface area contributed by atoms with Crippen LogP contribution in [0, 0.1) is 5.92 Å². The Balaban J connectivity index is 2.21. The van der Waals surface area contributed by atoms with Gasteiger partial charge in [0.15, 0.2) is 0 Å². The number of hydrogen-bond donors (Lipinski definition) is 1. The molecule has 0 amide bonds. The van der Waals surface area contributed by atoms with E-state index in [4.69, 9.17) is 5.73 Å². The van der Waals surface area contributed by atoms with Gasteiger partial charge in [-0.15, -0.1) is 0 Å². The Bertz CT molecular complexity index is 169. The van der Waals surface area contributed by atoms with Crippen LogP contribution >= 0.6 is 11.8 Å². The summed E-state index contributed by atoms with van der Waals surface area (Å²) in [7, 11) is 2.26. The van der Waals surface area contributed by atoms with Gasteiger partial charge < -0.3 is 10.6 Å². The fourth-order valence-corrected chi connectivity index (χ4v) is 3.19. The molecule has 0 bridgehead atoms. The highest BCUT2D eigenvalue weighted by atomic mass is 32.2. The largest absolute Gasteiger partial charge is 0.329 e. The first kappa shape index (κ1) is 14.3. The zero-order chi connectivity index (χ0) is 11.8. The summed E-state index contributed by atoms with van der Waals surface area (Å²) in [4.78, 5) is 2.51. The van der Waals surface area contributed by atoms with Crippen molar-refractivity contribution in [3.63, 3.8) is 0 Å². The topological polar surface area (TPSA) is 29.3 Å². The van der Waals surface area contributed by atoms with E-state index >= 15 is 0 Å². The minimum atomic E-state index is 0.604. The van der Waals surface area contributed by atoms with Gasteiger partial charge in [-0.3, -0.25) is 0 Å². The van der Waals surface area contributed by atoms with Crippen LogP contribution in [0.15, 0.2) is 0 Å². The molecule has 1 rings (SSSR count). The molecular formula is C13H28N2S. The zero-order valence-electron chi connectivity index (χ0n) is 11.0.